The highest BCUT2D eigenvalue weighted by molar-refractivity contribution is 7.90. The van der Waals surface area contributed by atoms with Gasteiger partial charge >= 0.3 is 0 Å². The van der Waals surface area contributed by atoms with E-state index in [9.17, 15) is 47.1 Å². The Morgan fingerprint density at radius 2 is 1.42 bits per heavy atom. The van der Waals surface area contributed by atoms with Crippen molar-refractivity contribution < 1.29 is 85.0 Å². The van der Waals surface area contributed by atoms with Gasteiger partial charge in [-0.25, -0.2) is 18.4 Å². The predicted molar refractivity (Wildman–Crippen MR) is 348 cm³/mol. The van der Waals surface area contributed by atoms with E-state index in [1.807, 2.05) is 0 Å². The van der Waals surface area contributed by atoms with Crippen molar-refractivity contribution in [1.82, 2.24) is 41.9 Å². The molecular formula is C70H96N8O18S. The molecule has 11 rings (SSSR count). The molecule has 26 nitrogen and oxygen atoms in total. The molecule has 9 heterocycles. The molecule has 3 unspecified atom stereocenters. The van der Waals surface area contributed by atoms with Crippen LogP contribution in [0.2, 0.25) is 0 Å². The molecule has 2 aromatic rings. The van der Waals surface area contributed by atoms with Crippen molar-refractivity contribution >= 4 is 51.1 Å². The third-order valence-corrected chi connectivity index (χ3v) is 22.0. The first-order valence-corrected chi connectivity index (χ1v) is 36.7. The lowest BCUT2D eigenvalue weighted by Crippen LogP contribution is -2.78. The average Bonchev–Trinajstić information content (AvgIpc) is 0.934. The monoisotopic (exact) mass is 1370 g/mol. The van der Waals surface area contributed by atoms with Crippen molar-refractivity contribution in [1.29, 1.82) is 0 Å². The summed E-state index contributed by atoms with van der Waals surface area (Å²) in [7, 11) is -1.95. The van der Waals surface area contributed by atoms with E-state index in [1.54, 1.807) is 37.4 Å². The number of methoxy groups -OCH3 is 1. The molecule has 1 spiro atoms. The van der Waals surface area contributed by atoms with Crippen LogP contribution in [0.25, 0.3) is 0 Å². The van der Waals surface area contributed by atoms with Crippen LogP contribution < -0.4 is 31.9 Å². The van der Waals surface area contributed by atoms with Crippen molar-refractivity contribution in [3.05, 3.63) is 66.0 Å². The van der Waals surface area contributed by atoms with E-state index in [0.29, 0.717) is 48.6 Å². The summed E-state index contributed by atoms with van der Waals surface area (Å²) in [6.45, 7) is 7.30. The zero-order valence-electron chi connectivity index (χ0n) is 56.0. The fraction of sp³-hybridized carbons (Fsp3) is 0.700. The molecule has 8 aliphatic heterocycles. The zero-order valence-corrected chi connectivity index (χ0v) is 56.8. The molecule has 6 amide bonds. The Balaban J connectivity index is 0.641. The molecule has 8 saturated heterocycles. The van der Waals surface area contributed by atoms with E-state index >= 15 is 0 Å². The van der Waals surface area contributed by atoms with Gasteiger partial charge in [0.2, 0.25) is 50.4 Å². The lowest BCUT2D eigenvalue weighted by atomic mass is 9.58. The molecule has 1 saturated carbocycles. The molecule has 1 aliphatic carbocycles. The second-order valence-corrected chi connectivity index (χ2v) is 30.1. The van der Waals surface area contributed by atoms with E-state index in [0.717, 1.165) is 69.6 Å². The Morgan fingerprint density at radius 1 is 0.722 bits per heavy atom. The van der Waals surface area contributed by atoms with E-state index < -0.39 is 101 Å². The summed E-state index contributed by atoms with van der Waals surface area (Å²) in [6.07, 6.45) is 9.74. The standard InChI is InChI=1S/C70H96N8O18S/c1-39-26-46-16-18-52-40(2)27-48(90-52)20-23-70-24-21-49-64-62(65(49)95-70)67(96-70)66-53(94-64)19-17-47(92-66)29-44(79)30-50-55(32-54(91-46)41(39)3)93-56(63(50)89-4)31-45(80)35-72-60(84)37-75-68(86)51(28-42-12-8-6-9-13-42)78-61(85)38-74-59(83)36-73-58(82)22-25-71-57(81)15-11-7-10-14-43-33-76-69(77-34-43)97(5,87)88/h6,8-9,12-13,33-34,39-40,45-56,62-67,80H,3,7,11,15-32,35-38H2,1-2,4-5H3,(H,71,81)(H,72,84)(H,73,82)(H,74,83)(H,75,86)(H,78,85)/t39-,40?,45+,46+,47-,48+,49+,50+,51+,52+,53+,54-,55+,56-,62+,63-,64?,65?,66+,67-,70+/m1/s1. The van der Waals surface area contributed by atoms with Gasteiger partial charge in [-0.15, -0.1) is 0 Å². The fourth-order valence-corrected chi connectivity index (χ4v) is 16.5. The number of nitrogens with one attached hydrogen (secondary N) is 6. The number of rotatable bonds is 22. The summed E-state index contributed by atoms with van der Waals surface area (Å²) in [6, 6.07) is 7.70. The topological polar surface area (TPSA) is 346 Å². The molecule has 9 aliphatic rings. The molecule has 97 heavy (non-hydrogen) atoms. The summed E-state index contributed by atoms with van der Waals surface area (Å²) in [4.78, 5) is 99.8. The highest BCUT2D eigenvalue weighted by Gasteiger charge is 2.70. The second-order valence-electron chi connectivity index (χ2n) is 28.2. The van der Waals surface area contributed by atoms with Crippen LogP contribution in [0.5, 0.6) is 0 Å². The highest BCUT2D eigenvalue weighted by Crippen LogP contribution is 2.60. The molecule has 9 fully saturated rings. The number of sulfone groups is 1. The number of ether oxygens (including phenoxy) is 8. The van der Waals surface area contributed by atoms with Crippen LogP contribution in [0.15, 0.2) is 60.0 Å². The molecule has 9 bridgehead atoms. The Kier molecular flexibility index (Phi) is 24.0. The van der Waals surface area contributed by atoms with Gasteiger partial charge in [-0.1, -0.05) is 62.6 Å². The highest BCUT2D eigenvalue weighted by atomic mass is 32.2. The van der Waals surface area contributed by atoms with Crippen molar-refractivity contribution in [3.8, 4) is 11.8 Å². The number of carbonyl (C=O) groups is 7. The number of Topliss-reactive ketones (excluding diaryl/α,β-unsaturated/α-hetero) is 1. The van der Waals surface area contributed by atoms with E-state index in [2.05, 4.69) is 74.1 Å². The summed E-state index contributed by atoms with van der Waals surface area (Å²) in [5, 5.41) is 26.7. The molecule has 1 aromatic carbocycles. The minimum absolute atomic E-state index is 0.00823. The summed E-state index contributed by atoms with van der Waals surface area (Å²) in [5.74, 6) is 2.06. The quantitative estimate of drug-likeness (QED) is 0.0385. The first-order valence-electron chi connectivity index (χ1n) is 34.8. The number of hydrogen-bond acceptors (Lipinski definition) is 20. The number of aliphatic hydroxyl groups excluding tert-OH is 1. The number of fused-ring (bicyclic) bond motifs is 7. The lowest BCUT2D eigenvalue weighted by Gasteiger charge is -2.68. The van der Waals surface area contributed by atoms with Gasteiger partial charge in [0.25, 0.3) is 0 Å². The average molecular weight is 1370 g/mol. The number of aliphatic hydroxyl groups is 1. The van der Waals surface area contributed by atoms with Gasteiger partial charge in [-0.2, -0.15) is 0 Å². The Bertz CT molecular complexity index is 3340. The molecule has 27 heteroatoms. The maximum Gasteiger partial charge on any atom is 0.246 e. The lowest BCUT2D eigenvalue weighted by molar-refractivity contribution is -0.459. The van der Waals surface area contributed by atoms with Crippen LogP contribution in [0.1, 0.15) is 141 Å². The van der Waals surface area contributed by atoms with Gasteiger partial charge in [0, 0.05) is 121 Å². The maximum absolute atomic E-state index is 14.6. The minimum atomic E-state index is -3.53. The molecule has 530 valence electrons. The van der Waals surface area contributed by atoms with Gasteiger partial charge in [-0.3, -0.25) is 33.6 Å². The van der Waals surface area contributed by atoms with Gasteiger partial charge in [0.1, 0.15) is 17.9 Å². The fourth-order valence-electron chi connectivity index (χ4n) is 16.0. The smallest absolute Gasteiger partial charge is 0.246 e. The number of aromatic nitrogens is 2. The summed E-state index contributed by atoms with van der Waals surface area (Å²) < 4.78 is 77.7. The van der Waals surface area contributed by atoms with Crippen LogP contribution in [0.4, 0.5) is 0 Å². The Morgan fingerprint density at radius 3 is 2.21 bits per heavy atom. The summed E-state index contributed by atoms with van der Waals surface area (Å²) >= 11 is 0. The van der Waals surface area contributed by atoms with Crippen molar-refractivity contribution in [3.63, 3.8) is 0 Å². The molecule has 0 radical (unpaired) electrons. The molecule has 1 aromatic heterocycles. The molecular weight excluding hydrogens is 1270 g/mol. The minimum Gasteiger partial charge on any atom is -0.391 e. The van der Waals surface area contributed by atoms with Crippen LogP contribution >= 0.6 is 0 Å². The third-order valence-electron chi connectivity index (χ3n) is 21.1. The number of ketones is 1. The van der Waals surface area contributed by atoms with Crippen molar-refractivity contribution in [2.45, 2.75) is 238 Å². The zero-order chi connectivity index (χ0) is 68.5. The van der Waals surface area contributed by atoms with Gasteiger partial charge < -0.3 is 74.9 Å². The van der Waals surface area contributed by atoms with Crippen LogP contribution in [0.3, 0.4) is 0 Å². The molecule has 7 N–H and O–H groups in total. The Hall–Kier alpha value is -6.32. The van der Waals surface area contributed by atoms with Crippen molar-refractivity contribution in [2.24, 2.45) is 29.6 Å². The normalized spacial score (nSPS) is 34.2. The SMILES string of the molecule is C=C1[C@H](C)C[C@@H]2CC[C@@H]3O[C@@H](CC[C@@]45CC[C@H]6C7O[C@H]8CC[C@H](CC(=O)C[C@@H]9[C@@H](OC)[C@@H](C[C@H](O)CNC(=O)CNC(=O)[C@H](Cc%10ccccc%10)NC(=O)CNC(=O)CNC(=O)CCNC(=O)CCCC#Cc%10cnc(S(C)(=O)=O)nc%10)O[C@H]9C[C@H]1O2)O[C@@H]8[C@H](O4)[C@@H]7C6O5)CC3C. The van der Waals surface area contributed by atoms with Crippen LogP contribution in [-0.4, -0.2) is 208 Å². The summed E-state index contributed by atoms with van der Waals surface area (Å²) in [5.41, 5.74) is 2.10. The third kappa shape index (κ3) is 18.4. The van der Waals surface area contributed by atoms with Crippen LogP contribution in [-0.2, 0) is 87.7 Å². The predicted octanol–water partition coefficient (Wildman–Crippen LogP) is 2.54. The Labute approximate surface area is 567 Å². The number of carbonyl (C=O) groups excluding carboxylic acids is 7. The van der Waals surface area contributed by atoms with E-state index in [1.165, 1.54) is 12.4 Å². The van der Waals surface area contributed by atoms with Crippen LogP contribution in [0, 0.1) is 41.4 Å². The number of benzene rings is 1. The van der Waals surface area contributed by atoms with E-state index in [-0.39, 0.29) is 141 Å². The number of hydrogen-bond donors (Lipinski definition) is 7. The number of unbranched alkanes of at least 4 members (excludes halogenated alkanes) is 1. The van der Waals surface area contributed by atoms with E-state index in [4.69, 9.17) is 37.9 Å². The van der Waals surface area contributed by atoms with Gasteiger partial charge in [0.15, 0.2) is 5.79 Å². The largest absolute Gasteiger partial charge is 0.391 e. The first-order chi connectivity index (χ1) is 46.6. The second kappa shape index (κ2) is 32.3. The van der Waals surface area contributed by atoms with Gasteiger partial charge in [-0.05, 0) is 80.8 Å². The first kappa shape index (κ1) is 71.9. The molecule has 21 atom stereocenters. The van der Waals surface area contributed by atoms with Gasteiger partial charge in [0.05, 0.1) is 105 Å². The number of amides is 6. The maximum atomic E-state index is 14.6. The number of nitrogens with zero attached hydrogens (tertiary/aromatic N) is 2. The van der Waals surface area contributed by atoms with Crippen molar-refractivity contribution in [2.75, 3.05) is 46.1 Å².